The summed E-state index contributed by atoms with van der Waals surface area (Å²) >= 11 is 0. The number of primary amides is 1. The Morgan fingerprint density at radius 3 is 2.37 bits per heavy atom. The number of aromatic nitrogens is 1. The first kappa shape index (κ1) is 46.8. The molecule has 324 valence electrons. The first-order valence-electron chi connectivity index (χ1n) is 19.4. The quantitative estimate of drug-likeness (QED) is 0.0796. The van der Waals surface area contributed by atoms with Crippen molar-refractivity contribution in [2.45, 2.75) is 88.4 Å². The summed E-state index contributed by atoms with van der Waals surface area (Å²) in [5, 5.41) is 23.1. The molecule has 2 fully saturated rings. The molecule has 19 nitrogen and oxygen atoms in total. The van der Waals surface area contributed by atoms with E-state index in [9.17, 15) is 43.5 Å². The van der Waals surface area contributed by atoms with Crippen LogP contribution in [0.2, 0.25) is 0 Å². The number of aromatic amines is 1. The topological polar surface area (TPSA) is 271 Å². The summed E-state index contributed by atoms with van der Waals surface area (Å²) in [5.74, 6) is -6.22. The Balaban J connectivity index is 1.53. The molecule has 1 aromatic heterocycles. The molecule has 7 amide bonds. The van der Waals surface area contributed by atoms with E-state index in [0.717, 1.165) is 29.4 Å². The predicted molar refractivity (Wildman–Crippen MR) is 221 cm³/mol. The minimum Gasteiger partial charge on any atom is -0.481 e. The van der Waals surface area contributed by atoms with Gasteiger partial charge in [0.2, 0.25) is 41.4 Å². The van der Waals surface area contributed by atoms with E-state index < -0.39 is 96.6 Å². The molecule has 2 aliphatic heterocycles. The average Bonchev–Trinajstić information content (AvgIpc) is 3.79. The summed E-state index contributed by atoms with van der Waals surface area (Å²) < 4.78 is 6.90. The molecule has 4 rings (SSSR count). The number of carboxylic acid groups (broad SMARTS) is 1. The number of carboxylic acids is 1. The molecule has 3 heterocycles. The molecular formula is C38H56N9O10S2+. The number of aliphatic carboxylic acids is 1. The number of carbonyl (C=O) groups is 8. The molecule has 2 aliphatic rings. The van der Waals surface area contributed by atoms with Crippen LogP contribution in [0.1, 0.15) is 51.0 Å². The number of fused-ring (bicyclic) bond motifs is 2. The molecule has 2 aromatic rings. The Labute approximate surface area is 350 Å². The van der Waals surface area contributed by atoms with Gasteiger partial charge in [0.1, 0.15) is 30.2 Å². The van der Waals surface area contributed by atoms with Crippen LogP contribution in [0, 0.1) is 0 Å². The van der Waals surface area contributed by atoms with E-state index in [-0.39, 0.29) is 38.2 Å². The van der Waals surface area contributed by atoms with E-state index in [4.69, 9.17) is 10.5 Å². The van der Waals surface area contributed by atoms with Crippen molar-refractivity contribution in [1.29, 1.82) is 0 Å². The third kappa shape index (κ3) is 14.7. The number of amides is 7. The molecule has 9 N–H and O–H groups in total. The number of ether oxygens (including phenoxy) is 1. The highest BCUT2D eigenvalue weighted by Crippen LogP contribution is 2.26. The number of hydrogen-bond donors (Lipinski definition) is 8. The third-order valence-corrected chi connectivity index (χ3v) is 12.2. The molecule has 2 saturated heterocycles. The van der Waals surface area contributed by atoms with Gasteiger partial charge in [-0.3, -0.25) is 38.4 Å². The van der Waals surface area contributed by atoms with Crippen LogP contribution >= 0.6 is 21.6 Å². The molecule has 21 heteroatoms. The van der Waals surface area contributed by atoms with Crippen LogP contribution in [0.25, 0.3) is 10.9 Å². The number of carbonyl (C=O) groups excluding carboxylic acids is 7. The van der Waals surface area contributed by atoms with Gasteiger partial charge in [-0.25, -0.2) is 0 Å². The summed E-state index contributed by atoms with van der Waals surface area (Å²) in [6, 6.07) is 1.42. The minimum atomic E-state index is -1.64. The van der Waals surface area contributed by atoms with E-state index in [0.29, 0.717) is 16.7 Å². The van der Waals surface area contributed by atoms with Crippen molar-refractivity contribution in [1.82, 2.24) is 36.5 Å². The summed E-state index contributed by atoms with van der Waals surface area (Å²) in [6.07, 6.45) is 2.03. The number of para-hydroxylation sites is 1. The smallest absolute Gasteiger partial charge is 0.305 e. The first-order chi connectivity index (χ1) is 27.9. The molecule has 0 radical (unpaired) electrons. The number of nitrogens with two attached hydrogens (primary N) is 1. The molecule has 0 spiro atoms. The molecular weight excluding hydrogens is 807 g/mol. The van der Waals surface area contributed by atoms with E-state index >= 15 is 0 Å². The van der Waals surface area contributed by atoms with Gasteiger partial charge in [-0.15, -0.1) is 0 Å². The van der Waals surface area contributed by atoms with Gasteiger partial charge in [-0.1, -0.05) is 39.8 Å². The predicted octanol–water partition coefficient (Wildman–Crippen LogP) is -0.649. The number of H-pyrrole nitrogens is 1. The second kappa shape index (κ2) is 21.9. The highest BCUT2D eigenvalue weighted by molar-refractivity contribution is 8.76. The highest BCUT2D eigenvalue weighted by atomic mass is 33.1. The summed E-state index contributed by atoms with van der Waals surface area (Å²) in [5.41, 5.74) is 7.44. The summed E-state index contributed by atoms with van der Waals surface area (Å²) in [6.45, 7) is 1.65. The monoisotopic (exact) mass is 862 g/mol. The normalized spacial score (nSPS) is 25.0. The molecule has 0 saturated carbocycles. The molecule has 1 aromatic carbocycles. The van der Waals surface area contributed by atoms with Crippen LogP contribution in [-0.4, -0.2) is 155 Å². The number of benzene rings is 1. The third-order valence-electron chi connectivity index (χ3n) is 9.79. The van der Waals surface area contributed by atoms with Gasteiger partial charge in [0.25, 0.3) is 0 Å². The Kier molecular flexibility index (Phi) is 17.4. The Morgan fingerprint density at radius 1 is 0.932 bits per heavy atom. The SMILES string of the molecule is C[C@@H]1NC(=O)[C@H](CC(=O)O)NC(=O)CNC(=O)[C@H](CCCC[N+](C)(C)C)NC(=O)CCSSCC(C(N)=O)NC(=O)C2CC(OCc3c[nH]c4ccccc34)CN2C1=O. The molecule has 0 bridgehead atoms. The van der Waals surface area contributed by atoms with Crippen molar-refractivity contribution in [3.8, 4) is 0 Å². The van der Waals surface area contributed by atoms with Gasteiger partial charge in [-0.05, 0) is 32.3 Å². The van der Waals surface area contributed by atoms with Crippen LogP contribution in [0.3, 0.4) is 0 Å². The summed E-state index contributed by atoms with van der Waals surface area (Å²) in [4.78, 5) is 109. The fourth-order valence-electron chi connectivity index (χ4n) is 6.66. The maximum atomic E-state index is 14.0. The molecule has 0 aliphatic carbocycles. The number of rotatable bonds is 11. The van der Waals surface area contributed by atoms with Crippen LogP contribution in [-0.2, 0) is 49.7 Å². The van der Waals surface area contributed by atoms with Gasteiger partial charge in [0.05, 0.1) is 53.4 Å². The lowest BCUT2D eigenvalue weighted by Gasteiger charge is -2.28. The van der Waals surface area contributed by atoms with E-state index in [2.05, 4.69) is 31.6 Å². The number of nitrogens with zero attached hydrogens (tertiary/aromatic N) is 2. The number of quaternary nitrogens is 1. The zero-order valence-electron chi connectivity index (χ0n) is 33.7. The molecule has 6 atom stereocenters. The standard InChI is InChI=1S/C38H55N9O10S2/c1-22-38(56)46-19-24(57-20-23-17-40-26-10-6-5-9-25(23)26)15-30(46)37(55)45-29(34(39)52)21-59-58-14-12-31(48)43-27(11-7-8-13-47(2,3)4)35(53)41-18-32(49)44-28(16-33(50)51)36(54)42-22/h5-6,9-10,17,22,24,27-30,40H,7-8,11-16,18-21H2,1-4H3,(H7-,39,41,42,43,44,45,48,49,50,51,52,53,54,55)/p+1/t22-,24?,27-,28-,29?,30?/m0/s1. The minimum absolute atomic E-state index is 0.0116. The van der Waals surface area contributed by atoms with Crippen molar-refractivity contribution >= 4 is 79.8 Å². The van der Waals surface area contributed by atoms with Gasteiger partial charge in [0, 0.05) is 53.6 Å². The Morgan fingerprint density at radius 2 is 1.66 bits per heavy atom. The fraction of sp³-hybridized carbons (Fsp3) is 0.579. The second-order valence-electron chi connectivity index (χ2n) is 15.7. The average molecular weight is 863 g/mol. The molecule has 3 unspecified atom stereocenters. The van der Waals surface area contributed by atoms with E-state index in [1.54, 1.807) is 0 Å². The fourth-order valence-corrected chi connectivity index (χ4v) is 8.82. The Bertz CT molecular complexity index is 1850. The van der Waals surface area contributed by atoms with Crippen molar-refractivity contribution in [2.75, 3.05) is 52.3 Å². The lowest BCUT2D eigenvalue weighted by molar-refractivity contribution is -0.870. The lowest BCUT2D eigenvalue weighted by atomic mass is 10.1. The summed E-state index contributed by atoms with van der Waals surface area (Å²) in [7, 11) is 8.57. The van der Waals surface area contributed by atoms with Crippen LogP contribution in [0.4, 0.5) is 0 Å². The number of nitrogens with one attached hydrogen (secondary N) is 6. The maximum Gasteiger partial charge on any atom is 0.305 e. The van der Waals surface area contributed by atoms with Gasteiger partial charge >= 0.3 is 5.97 Å². The Hall–Kier alpha value is -4.86. The zero-order chi connectivity index (χ0) is 43.3. The van der Waals surface area contributed by atoms with Crippen LogP contribution < -0.4 is 32.3 Å². The van der Waals surface area contributed by atoms with Gasteiger partial charge in [-0.2, -0.15) is 0 Å². The zero-order valence-corrected chi connectivity index (χ0v) is 35.4. The van der Waals surface area contributed by atoms with Crippen molar-refractivity contribution in [3.05, 3.63) is 36.0 Å². The van der Waals surface area contributed by atoms with Crippen LogP contribution in [0.15, 0.2) is 30.5 Å². The van der Waals surface area contributed by atoms with Crippen molar-refractivity contribution in [3.63, 3.8) is 0 Å². The van der Waals surface area contributed by atoms with Crippen molar-refractivity contribution < 1.29 is 52.7 Å². The van der Waals surface area contributed by atoms with Gasteiger partial charge < -0.3 is 56.5 Å². The maximum absolute atomic E-state index is 14.0. The second-order valence-corrected chi connectivity index (χ2v) is 18.3. The first-order valence-corrected chi connectivity index (χ1v) is 21.9. The van der Waals surface area contributed by atoms with Crippen molar-refractivity contribution in [2.24, 2.45) is 5.73 Å². The molecule has 59 heavy (non-hydrogen) atoms. The van der Waals surface area contributed by atoms with Gasteiger partial charge in [0.15, 0.2) is 0 Å². The highest BCUT2D eigenvalue weighted by Gasteiger charge is 2.43. The van der Waals surface area contributed by atoms with E-state index in [1.807, 2.05) is 51.6 Å². The largest absolute Gasteiger partial charge is 0.481 e. The lowest BCUT2D eigenvalue weighted by Crippen LogP contribution is -2.58. The van der Waals surface area contributed by atoms with E-state index in [1.165, 1.54) is 33.4 Å². The number of unbranched alkanes of at least 4 members (excludes halogenated alkanes) is 1. The van der Waals surface area contributed by atoms with Crippen LogP contribution in [0.5, 0.6) is 0 Å². The number of hydrogen-bond acceptors (Lipinski definition) is 11.